The minimum Gasteiger partial charge on any atom is -0.493 e. The Labute approximate surface area is 133 Å². The van der Waals surface area contributed by atoms with Crippen LogP contribution in [0.4, 0.5) is 0 Å². The van der Waals surface area contributed by atoms with E-state index in [0.717, 1.165) is 6.42 Å². The van der Waals surface area contributed by atoms with E-state index in [9.17, 15) is 5.11 Å². The van der Waals surface area contributed by atoms with Crippen LogP contribution < -0.4 is 9.47 Å². The molecule has 0 fully saturated rings. The first kappa shape index (κ1) is 18.7. The van der Waals surface area contributed by atoms with Crippen molar-refractivity contribution >= 4 is 0 Å². The molecule has 0 amide bonds. The number of methoxy groups -OCH3 is 2. The Morgan fingerprint density at radius 2 is 1.82 bits per heavy atom. The second-order valence-electron chi connectivity index (χ2n) is 5.04. The summed E-state index contributed by atoms with van der Waals surface area (Å²) in [6.07, 6.45) is 3.64. The number of hydrogen-bond acceptors (Lipinski definition) is 5. The average molecular weight is 312 g/mol. The number of benzene rings is 1. The highest BCUT2D eigenvalue weighted by Gasteiger charge is 2.12. The summed E-state index contributed by atoms with van der Waals surface area (Å²) in [5.41, 5.74) is 0.631. The number of ether oxygens (including phenoxy) is 4. The van der Waals surface area contributed by atoms with Gasteiger partial charge in [-0.25, -0.2) is 0 Å². The molecule has 0 heterocycles. The predicted molar refractivity (Wildman–Crippen MR) is 85.4 cm³/mol. The maximum Gasteiger partial charge on any atom is 0.181 e. The van der Waals surface area contributed by atoms with Crippen molar-refractivity contribution in [2.45, 2.75) is 38.9 Å². The van der Waals surface area contributed by atoms with Crippen LogP contribution in [0.1, 0.15) is 44.5 Å². The molecule has 1 unspecified atom stereocenters. The van der Waals surface area contributed by atoms with Gasteiger partial charge >= 0.3 is 0 Å². The molecule has 1 atom stereocenters. The van der Waals surface area contributed by atoms with Gasteiger partial charge < -0.3 is 24.1 Å². The molecule has 5 heteroatoms. The molecule has 1 aromatic rings. The van der Waals surface area contributed by atoms with Gasteiger partial charge in [0.25, 0.3) is 0 Å². The zero-order chi connectivity index (χ0) is 16.2. The molecule has 0 saturated heterocycles. The van der Waals surface area contributed by atoms with Gasteiger partial charge in [0.1, 0.15) is 0 Å². The fourth-order valence-electron chi connectivity index (χ4n) is 2.01. The Morgan fingerprint density at radius 3 is 2.50 bits per heavy atom. The zero-order valence-corrected chi connectivity index (χ0v) is 13.8. The second kappa shape index (κ2) is 11.3. The zero-order valence-electron chi connectivity index (χ0n) is 13.8. The number of aliphatic hydroxyl groups is 1. The van der Waals surface area contributed by atoms with Crippen LogP contribution in [0.25, 0.3) is 0 Å². The fraction of sp³-hybridized carbons (Fsp3) is 0.647. The van der Waals surface area contributed by atoms with E-state index < -0.39 is 6.29 Å². The average Bonchev–Trinajstić information content (AvgIpc) is 2.54. The molecule has 0 aliphatic carbocycles. The molecule has 0 bridgehead atoms. The lowest BCUT2D eigenvalue weighted by atomic mass is 10.2. The van der Waals surface area contributed by atoms with Crippen molar-refractivity contribution < 1.29 is 24.1 Å². The summed E-state index contributed by atoms with van der Waals surface area (Å²) >= 11 is 0. The van der Waals surface area contributed by atoms with Crippen molar-refractivity contribution in [2.24, 2.45) is 0 Å². The minimum absolute atomic E-state index is 0.329. The van der Waals surface area contributed by atoms with Crippen LogP contribution in [0, 0.1) is 0 Å². The highest BCUT2D eigenvalue weighted by Crippen LogP contribution is 2.30. The largest absolute Gasteiger partial charge is 0.493 e. The first-order valence-corrected chi connectivity index (χ1v) is 7.82. The van der Waals surface area contributed by atoms with Gasteiger partial charge in [-0.1, -0.05) is 32.3 Å². The van der Waals surface area contributed by atoms with E-state index in [1.807, 2.05) is 0 Å². The van der Waals surface area contributed by atoms with Crippen LogP contribution in [-0.2, 0) is 9.47 Å². The minimum atomic E-state index is -0.998. The van der Waals surface area contributed by atoms with E-state index in [1.54, 1.807) is 32.4 Å². The lowest BCUT2D eigenvalue weighted by Gasteiger charge is -2.15. The van der Waals surface area contributed by atoms with E-state index in [2.05, 4.69) is 6.92 Å². The van der Waals surface area contributed by atoms with Crippen LogP contribution in [0.15, 0.2) is 18.2 Å². The van der Waals surface area contributed by atoms with Gasteiger partial charge in [0.05, 0.1) is 26.9 Å². The third kappa shape index (κ3) is 6.64. The summed E-state index contributed by atoms with van der Waals surface area (Å²) in [7, 11) is 3.17. The van der Waals surface area contributed by atoms with E-state index in [0.29, 0.717) is 36.9 Å². The SMILES string of the molecule is CCCCCCOc1ccc(C(O)OCCOC)cc1OC. The molecule has 0 aliphatic heterocycles. The number of hydrogen-bond donors (Lipinski definition) is 1. The molecule has 5 nitrogen and oxygen atoms in total. The summed E-state index contributed by atoms with van der Waals surface area (Å²) in [4.78, 5) is 0. The second-order valence-corrected chi connectivity index (χ2v) is 5.04. The van der Waals surface area contributed by atoms with Crippen LogP contribution in [-0.4, -0.2) is 39.1 Å². The van der Waals surface area contributed by atoms with Crippen molar-refractivity contribution in [3.63, 3.8) is 0 Å². The maximum absolute atomic E-state index is 9.96. The fourth-order valence-corrected chi connectivity index (χ4v) is 2.01. The van der Waals surface area contributed by atoms with Crippen LogP contribution >= 0.6 is 0 Å². The maximum atomic E-state index is 9.96. The summed E-state index contributed by atoms with van der Waals surface area (Å²) < 4.78 is 21.2. The highest BCUT2D eigenvalue weighted by atomic mass is 16.6. The Hall–Kier alpha value is -1.30. The quantitative estimate of drug-likeness (QED) is 0.474. The summed E-state index contributed by atoms with van der Waals surface area (Å²) in [6, 6.07) is 5.32. The van der Waals surface area contributed by atoms with Crippen molar-refractivity contribution in [2.75, 3.05) is 34.0 Å². The molecule has 0 spiro atoms. The number of aliphatic hydroxyl groups excluding tert-OH is 1. The standard InChI is InChI=1S/C17H28O5/c1-4-5-6-7-10-21-15-9-8-14(13-16(15)20-3)17(18)22-12-11-19-2/h8-9,13,17-18H,4-7,10-12H2,1-3H3. The van der Waals surface area contributed by atoms with Gasteiger partial charge in [0.2, 0.25) is 0 Å². The van der Waals surface area contributed by atoms with Crippen LogP contribution in [0.5, 0.6) is 11.5 Å². The molecular formula is C17H28O5. The van der Waals surface area contributed by atoms with E-state index in [1.165, 1.54) is 19.3 Å². The molecule has 0 radical (unpaired) electrons. The van der Waals surface area contributed by atoms with Gasteiger partial charge in [-0.3, -0.25) is 0 Å². The van der Waals surface area contributed by atoms with Crippen molar-refractivity contribution in [3.05, 3.63) is 23.8 Å². The number of unbranched alkanes of at least 4 members (excludes halogenated alkanes) is 3. The van der Waals surface area contributed by atoms with E-state index in [4.69, 9.17) is 18.9 Å². The van der Waals surface area contributed by atoms with Crippen molar-refractivity contribution in [3.8, 4) is 11.5 Å². The predicted octanol–water partition coefficient (Wildman–Crippen LogP) is 3.31. The molecule has 1 rings (SSSR count). The van der Waals surface area contributed by atoms with Gasteiger partial charge in [0, 0.05) is 12.7 Å². The van der Waals surface area contributed by atoms with Crippen LogP contribution in [0.2, 0.25) is 0 Å². The first-order valence-electron chi connectivity index (χ1n) is 7.82. The van der Waals surface area contributed by atoms with Crippen molar-refractivity contribution in [1.82, 2.24) is 0 Å². The third-order valence-electron chi connectivity index (χ3n) is 3.29. The molecule has 0 saturated carbocycles. The Kier molecular flexibility index (Phi) is 9.62. The summed E-state index contributed by atoms with van der Waals surface area (Å²) in [5, 5.41) is 9.96. The lowest BCUT2D eigenvalue weighted by molar-refractivity contribution is -0.113. The Bertz CT molecular complexity index is 408. The summed E-state index contributed by atoms with van der Waals surface area (Å²) in [6.45, 7) is 3.62. The van der Waals surface area contributed by atoms with E-state index in [-0.39, 0.29) is 0 Å². The normalized spacial score (nSPS) is 12.2. The van der Waals surface area contributed by atoms with Crippen LogP contribution in [0.3, 0.4) is 0 Å². The monoisotopic (exact) mass is 312 g/mol. The third-order valence-corrected chi connectivity index (χ3v) is 3.29. The Morgan fingerprint density at radius 1 is 1.00 bits per heavy atom. The number of rotatable bonds is 12. The molecule has 0 aromatic heterocycles. The van der Waals surface area contributed by atoms with Gasteiger partial charge in [-0.05, 0) is 18.6 Å². The molecular weight excluding hydrogens is 284 g/mol. The molecule has 0 aliphatic rings. The molecule has 126 valence electrons. The molecule has 1 aromatic carbocycles. The molecule has 1 N–H and O–H groups in total. The highest BCUT2D eigenvalue weighted by molar-refractivity contribution is 5.43. The topological polar surface area (TPSA) is 57.2 Å². The smallest absolute Gasteiger partial charge is 0.181 e. The molecule has 22 heavy (non-hydrogen) atoms. The summed E-state index contributed by atoms with van der Waals surface area (Å²) in [5.74, 6) is 1.29. The van der Waals surface area contributed by atoms with E-state index >= 15 is 0 Å². The van der Waals surface area contributed by atoms with Gasteiger partial charge in [-0.2, -0.15) is 0 Å². The Balaban J connectivity index is 2.54. The van der Waals surface area contributed by atoms with Gasteiger partial charge in [0.15, 0.2) is 17.8 Å². The lowest BCUT2D eigenvalue weighted by Crippen LogP contribution is -2.09. The van der Waals surface area contributed by atoms with Gasteiger partial charge in [-0.15, -0.1) is 0 Å². The first-order chi connectivity index (χ1) is 10.7. The van der Waals surface area contributed by atoms with Crippen molar-refractivity contribution in [1.29, 1.82) is 0 Å².